The number of likely N-dealkylation sites (N-methyl/N-ethyl adjacent to an activating group) is 1. The normalized spacial score (nSPS) is 11.5. The maximum Gasteiger partial charge on any atom is 0.361 e. The fraction of sp³-hybridized carbons (Fsp3) is 0.542. The molecule has 0 spiro atoms. The van der Waals surface area contributed by atoms with Gasteiger partial charge in [0.05, 0.1) is 13.2 Å². The number of hydrogen-bond donors (Lipinski definition) is 1. The molecule has 0 aliphatic heterocycles. The second-order valence-electron chi connectivity index (χ2n) is 8.83. The SMILES string of the molecule is CCOCCn1nc(C(=O)OCCN(C)C)c2nc(N(C)C(C)C)nc(Nc3cc(C)ccn3)c21. The molecule has 0 aliphatic rings. The van der Waals surface area contributed by atoms with Crippen LogP contribution in [0, 0.1) is 6.92 Å². The number of rotatable bonds is 12. The summed E-state index contributed by atoms with van der Waals surface area (Å²) in [6.45, 7) is 10.3. The highest BCUT2D eigenvalue weighted by Crippen LogP contribution is 2.29. The average molecular weight is 485 g/mol. The zero-order valence-corrected chi connectivity index (χ0v) is 21.7. The Bertz CT molecular complexity index is 1150. The lowest BCUT2D eigenvalue weighted by atomic mass is 10.3. The van der Waals surface area contributed by atoms with Crippen LogP contribution < -0.4 is 10.2 Å². The number of anilines is 3. The fourth-order valence-electron chi connectivity index (χ4n) is 3.26. The van der Waals surface area contributed by atoms with Gasteiger partial charge in [0, 0.05) is 32.4 Å². The van der Waals surface area contributed by atoms with Gasteiger partial charge in [-0.05, 0) is 59.5 Å². The lowest BCUT2D eigenvalue weighted by molar-refractivity contribution is 0.0475. The molecule has 3 rings (SSSR count). The van der Waals surface area contributed by atoms with E-state index in [4.69, 9.17) is 19.4 Å². The fourth-order valence-corrected chi connectivity index (χ4v) is 3.26. The number of esters is 1. The number of pyridine rings is 1. The zero-order valence-electron chi connectivity index (χ0n) is 21.7. The van der Waals surface area contributed by atoms with E-state index in [1.165, 1.54) is 0 Å². The molecule has 0 atom stereocenters. The molecule has 35 heavy (non-hydrogen) atoms. The van der Waals surface area contributed by atoms with Crippen LogP contribution in [-0.2, 0) is 16.0 Å². The Labute approximate surface area is 206 Å². The Morgan fingerprint density at radius 2 is 1.97 bits per heavy atom. The molecule has 3 aromatic heterocycles. The highest BCUT2D eigenvalue weighted by atomic mass is 16.5. The molecule has 0 aromatic carbocycles. The van der Waals surface area contributed by atoms with Crippen molar-refractivity contribution >= 4 is 34.6 Å². The molecule has 0 radical (unpaired) electrons. The van der Waals surface area contributed by atoms with Crippen LogP contribution in [0.3, 0.4) is 0 Å². The first-order chi connectivity index (χ1) is 16.7. The van der Waals surface area contributed by atoms with E-state index < -0.39 is 5.97 Å². The van der Waals surface area contributed by atoms with E-state index >= 15 is 0 Å². The van der Waals surface area contributed by atoms with Gasteiger partial charge in [-0.2, -0.15) is 10.1 Å². The molecular weight excluding hydrogens is 448 g/mol. The Morgan fingerprint density at radius 3 is 2.63 bits per heavy atom. The first-order valence-corrected chi connectivity index (χ1v) is 11.8. The van der Waals surface area contributed by atoms with Crippen molar-refractivity contribution in [3.63, 3.8) is 0 Å². The minimum absolute atomic E-state index is 0.140. The van der Waals surface area contributed by atoms with Crippen molar-refractivity contribution < 1.29 is 14.3 Å². The largest absolute Gasteiger partial charge is 0.459 e. The Morgan fingerprint density at radius 1 is 1.20 bits per heavy atom. The van der Waals surface area contributed by atoms with Crippen molar-refractivity contribution in [2.24, 2.45) is 0 Å². The van der Waals surface area contributed by atoms with Crippen molar-refractivity contribution in [2.45, 2.75) is 40.3 Å². The molecule has 0 bridgehead atoms. The van der Waals surface area contributed by atoms with E-state index in [0.29, 0.717) is 54.9 Å². The van der Waals surface area contributed by atoms with Crippen LogP contribution in [0.15, 0.2) is 18.3 Å². The molecule has 0 fully saturated rings. The number of carbonyl (C=O) groups excluding carboxylic acids is 1. The van der Waals surface area contributed by atoms with Crippen molar-refractivity contribution in [2.75, 3.05) is 57.7 Å². The number of aromatic nitrogens is 5. The zero-order chi connectivity index (χ0) is 25.5. The van der Waals surface area contributed by atoms with E-state index in [9.17, 15) is 4.79 Å². The van der Waals surface area contributed by atoms with Gasteiger partial charge < -0.3 is 24.6 Å². The molecule has 190 valence electrons. The third-order valence-corrected chi connectivity index (χ3v) is 5.44. The standard InChI is InChI=1S/C24H36N8O3/c1-8-34-13-12-32-21-19(20(29-32)23(33)35-14-11-30(5)6)27-24(31(7)16(2)3)28-22(21)26-18-15-17(4)9-10-25-18/h9-10,15-16H,8,11-14H2,1-7H3,(H,25,26,27,28). The molecule has 0 amide bonds. The summed E-state index contributed by atoms with van der Waals surface area (Å²) >= 11 is 0. The van der Waals surface area contributed by atoms with Crippen LogP contribution in [0.5, 0.6) is 0 Å². The number of fused-ring (bicyclic) bond motifs is 1. The minimum atomic E-state index is -0.525. The maximum atomic E-state index is 13.1. The third-order valence-electron chi connectivity index (χ3n) is 5.44. The smallest absolute Gasteiger partial charge is 0.361 e. The minimum Gasteiger partial charge on any atom is -0.459 e. The highest BCUT2D eigenvalue weighted by Gasteiger charge is 2.26. The summed E-state index contributed by atoms with van der Waals surface area (Å²) in [6.07, 6.45) is 1.73. The maximum absolute atomic E-state index is 13.1. The Balaban J connectivity index is 2.15. The number of hydrogen-bond acceptors (Lipinski definition) is 10. The van der Waals surface area contributed by atoms with E-state index in [1.54, 1.807) is 10.9 Å². The van der Waals surface area contributed by atoms with Gasteiger partial charge in [-0.15, -0.1) is 0 Å². The first kappa shape index (κ1) is 26.3. The summed E-state index contributed by atoms with van der Waals surface area (Å²) < 4.78 is 12.8. The summed E-state index contributed by atoms with van der Waals surface area (Å²) in [5, 5.41) is 7.90. The molecule has 0 saturated heterocycles. The van der Waals surface area contributed by atoms with Gasteiger partial charge in [0.25, 0.3) is 0 Å². The third kappa shape index (κ3) is 6.64. The lowest BCUT2D eigenvalue weighted by Crippen LogP contribution is -2.28. The van der Waals surface area contributed by atoms with Crippen LogP contribution in [0.4, 0.5) is 17.6 Å². The number of nitrogens with one attached hydrogen (secondary N) is 1. The summed E-state index contributed by atoms with van der Waals surface area (Å²) in [5.74, 6) is 1.08. The second-order valence-corrected chi connectivity index (χ2v) is 8.83. The first-order valence-electron chi connectivity index (χ1n) is 11.8. The monoisotopic (exact) mass is 484 g/mol. The topological polar surface area (TPSA) is 111 Å². The van der Waals surface area contributed by atoms with Gasteiger partial charge in [-0.3, -0.25) is 4.68 Å². The second kappa shape index (κ2) is 11.9. The Hall–Kier alpha value is -3.31. The van der Waals surface area contributed by atoms with Crippen molar-refractivity contribution in [1.82, 2.24) is 29.6 Å². The molecule has 3 aromatic rings. The summed E-state index contributed by atoms with van der Waals surface area (Å²) in [5.41, 5.74) is 2.22. The number of nitrogens with zero attached hydrogens (tertiary/aromatic N) is 7. The van der Waals surface area contributed by atoms with Crippen molar-refractivity contribution in [3.05, 3.63) is 29.6 Å². The van der Waals surface area contributed by atoms with E-state index in [2.05, 4.69) is 15.4 Å². The molecule has 11 nitrogen and oxygen atoms in total. The molecule has 0 aliphatic carbocycles. The van der Waals surface area contributed by atoms with Gasteiger partial charge in [0.15, 0.2) is 11.5 Å². The van der Waals surface area contributed by atoms with Gasteiger partial charge in [0.1, 0.15) is 23.5 Å². The van der Waals surface area contributed by atoms with Gasteiger partial charge in [-0.25, -0.2) is 14.8 Å². The average Bonchev–Trinajstić information content (AvgIpc) is 3.17. The van der Waals surface area contributed by atoms with E-state index in [1.807, 2.05) is 70.8 Å². The molecular formula is C24H36N8O3. The Kier molecular flexibility index (Phi) is 8.94. The van der Waals surface area contributed by atoms with Gasteiger partial charge in [0.2, 0.25) is 5.95 Å². The molecule has 0 unspecified atom stereocenters. The van der Waals surface area contributed by atoms with Crippen LogP contribution in [0.1, 0.15) is 36.8 Å². The predicted octanol–water partition coefficient (Wildman–Crippen LogP) is 2.87. The molecule has 0 saturated carbocycles. The lowest BCUT2D eigenvalue weighted by Gasteiger charge is -2.22. The number of aryl methyl sites for hydroxylation is 1. The molecule has 11 heteroatoms. The quantitative estimate of drug-likeness (QED) is 0.304. The van der Waals surface area contributed by atoms with E-state index in [0.717, 1.165) is 5.56 Å². The van der Waals surface area contributed by atoms with Gasteiger partial charge in [-0.1, -0.05) is 0 Å². The predicted molar refractivity (Wildman–Crippen MR) is 136 cm³/mol. The van der Waals surface area contributed by atoms with E-state index in [-0.39, 0.29) is 18.3 Å². The van der Waals surface area contributed by atoms with Crippen LogP contribution in [0.2, 0.25) is 0 Å². The van der Waals surface area contributed by atoms with Crippen LogP contribution in [-0.4, -0.2) is 89.2 Å². The highest BCUT2D eigenvalue weighted by molar-refractivity contribution is 6.03. The number of ether oxygens (including phenoxy) is 2. The summed E-state index contributed by atoms with van der Waals surface area (Å²) in [6, 6.07) is 3.99. The van der Waals surface area contributed by atoms with Crippen LogP contribution >= 0.6 is 0 Å². The van der Waals surface area contributed by atoms with Crippen molar-refractivity contribution in [1.29, 1.82) is 0 Å². The van der Waals surface area contributed by atoms with Crippen LogP contribution in [0.25, 0.3) is 11.0 Å². The van der Waals surface area contributed by atoms with Gasteiger partial charge >= 0.3 is 5.97 Å². The summed E-state index contributed by atoms with van der Waals surface area (Å²) in [7, 11) is 5.75. The molecule has 3 heterocycles. The molecule has 1 N–H and O–H groups in total. The summed E-state index contributed by atoms with van der Waals surface area (Å²) in [4.78, 5) is 30.9. The van der Waals surface area contributed by atoms with Crippen molar-refractivity contribution in [3.8, 4) is 0 Å². The number of carbonyl (C=O) groups is 1.